The van der Waals surface area contributed by atoms with Crippen LogP contribution in [0, 0.1) is 16.0 Å². The quantitative estimate of drug-likeness (QED) is 0.560. The van der Waals surface area contributed by atoms with Gasteiger partial charge in [0.25, 0.3) is 5.69 Å². The number of nitrogens with one attached hydrogen (secondary N) is 2. The van der Waals surface area contributed by atoms with E-state index in [0.717, 1.165) is 0 Å². The number of benzene rings is 2. The van der Waals surface area contributed by atoms with Crippen molar-refractivity contribution >= 4 is 28.9 Å². The van der Waals surface area contributed by atoms with Crippen molar-refractivity contribution in [2.24, 2.45) is 5.92 Å². The van der Waals surface area contributed by atoms with E-state index in [1.54, 1.807) is 24.3 Å². The minimum Gasteiger partial charge on any atom is -0.492 e. The topological polar surface area (TPSA) is 114 Å². The van der Waals surface area contributed by atoms with Crippen LogP contribution in [0.5, 0.6) is 5.75 Å². The minimum atomic E-state index is -0.586. The van der Waals surface area contributed by atoms with E-state index in [1.807, 2.05) is 13.0 Å². The highest BCUT2D eigenvalue weighted by Gasteiger charge is 2.36. The average molecular weight is 384 g/mol. The largest absolute Gasteiger partial charge is 0.492 e. The van der Waals surface area contributed by atoms with Gasteiger partial charge in [-0.2, -0.15) is 0 Å². The van der Waals surface area contributed by atoms with Gasteiger partial charge < -0.3 is 9.64 Å². The number of carbonyl (C=O) groups is 2. The number of ether oxygens (including phenoxy) is 1. The lowest BCUT2D eigenvalue weighted by molar-refractivity contribution is -0.384. The molecule has 1 heterocycles. The zero-order chi connectivity index (χ0) is 20.1. The van der Waals surface area contributed by atoms with Gasteiger partial charge in [-0.25, -0.2) is 0 Å². The van der Waals surface area contributed by atoms with Crippen LogP contribution in [0.2, 0.25) is 0 Å². The van der Waals surface area contributed by atoms with Crippen molar-refractivity contribution in [2.75, 3.05) is 23.5 Å². The maximum Gasteiger partial charge on any atom is 0.294 e. The molecule has 0 bridgehead atoms. The SMILES string of the molecule is CCOc1ccccc1N1CC(C(=O)NNc2ccccc2[N+](=O)[O-])CC1=O. The van der Waals surface area contributed by atoms with Gasteiger partial charge in [0.05, 0.1) is 23.1 Å². The fourth-order valence-electron chi connectivity index (χ4n) is 3.04. The predicted molar refractivity (Wildman–Crippen MR) is 103 cm³/mol. The van der Waals surface area contributed by atoms with Crippen LogP contribution in [0.15, 0.2) is 48.5 Å². The Morgan fingerprint density at radius 1 is 1.25 bits per heavy atom. The van der Waals surface area contributed by atoms with Gasteiger partial charge in [0, 0.05) is 19.0 Å². The first-order chi connectivity index (χ1) is 13.5. The van der Waals surface area contributed by atoms with E-state index >= 15 is 0 Å². The Morgan fingerprint density at radius 2 is 1.96 bits per heavy atom. The molecule has 1 saturated heterocycles. The molecule has 28 heavy (non-hydrogen) atoms. The van der Waals surface area contributed by atoms with Gasteiger partial charge in [0.2, 0.25) is 11.8 Å². The van der Waals surface area contributed by atoms with Crippen LogP contribution in [0.1, 0.15) is 13.3 Å². The summed E-state index contributed by atoms with van der Waals surface area (Å²) in [4.78, 5) is 37.0. The number of nitro benzene ring substituents is 1. The Balaban J connectivity index is 1.67. The molecule has 1 fully saturated rings. The van der Waals surface area contributed by atoms with E-state index in [2.05, 4.69) is 10.9 Å². The van der Waals surface area contributed by atoms with Gasteiger partial charge in [0.15, 0.2) is 0 Å². The summed E-state index contributed by atoms with van der Waals surface area (Å²) in [7, 11) is 0. The van der Waals surface area contributed by atoms with Crippen molar-refractivity contribution in [3.63, 3.8) is 0 Å². The van der Waals surface area contributed by atoms with Crippen LogP contribution in [-0.2, 0) is 9.59 Å². The van der Waals surface area contributed by atoms with E-state index < -0.39 is 16.7 Å². The zero-order valence-electron chi connectivity index (χ0n) is 15.3. The van der Waals surface area contributed by atoms with Gasteiger partial charge in [-0.3, -0.25) is 30.6 Å². The summed E-state index contributed by atoms with van der Waals surface area (Å²) in [5.41, 5.74) is 5.68. The fourth-order valence-corrected chi connectivity index (χ4v) is 3.04. The molecular formula is C19H20N4O5. The highest BCUT2D eigenvalue weighted by Crippen LogP contribution is 2.33. The number of hydrogen-bond acceptors (Lipinski definition) is 6. The lowest BCUT2D eigenvalue weighted by atomic mass is 10.1. The Kier molecular flexibility index (Phi) is 5.73. The number of amides is 2. The molecule has 9 heteroatoms. The molecule has 9 nitrogen and oxygen atoms in total. The highest BCUT2D eigenvalue weighted by atomic mass is 16.6. The Bertz CT molecular complexity index is 901. The number of para-hydroxylation sites is 4. The Hall–Kier alpha value is -3.62. The number of hydrazine groups is 1. The maximum absolute atomic E-state index is 12.5. The molecule has 146 valence electrons. The maximum atomic E-state index is 12.5. The molecule has 0 radical (unpaired) electrons. The first-order valence-corrected chi connectivity index (χ1v) is 8.82. The molecule has 2 aromatic carbocycles. The van der Waals surface area contributed by atoms with Crippen molar-refractivity contribution in [3.8, 4) is 5.75 Å². The smallest absolute Gasteiger partial charge is 0.294 e. The summed E-state index contributed by atoms with van der Waals surface area (Å²) in [6.45, 7) is 2.52. The molecule has 1 aliphatic rings. The second kappa shape index (κ2) is 8.38. The monoisotopic (exact) mass is 384 g/mol. The number of hydrogen-bond donors (Lipinski definition) is 2. The summed E-state index contributed by atoms with van der Waals surface area (Å²) in [6, 6.07) is 13.1. The van der Waals surface area contributed by atoms with Crippen LogP contribution in [0.25, 0.3) is 0 Å². The summed E-state index contributed by atoms with van der Waals surface area (Å²) < 4.78 is 5.56. The third-order valence-electron chi connectivity index (χ3n) is 4.37. The van der Waals surface area contributed by atoms with Crippen LogP contribution in [-0.4, -0.2) is 29.9 Å². The first-order valence-electron chi connectivity index (χ1n) is 8.82. The van der Waals surface area contributed by atoms with Crippen molar-refractivity contribution in [3.05, 3.63) is 58.6 Å². The van der Waals surface area contributed by atoms with Gasteiger partial charge in [-0.05, 0) is 25.1 Å². The van der Waals surface area contributed by atoms with Crippen LogP contribution in [0.4, 0.5) is 17.1 Å². The third-order valence-corrected chi connectivity index (χ3v) is 4.37. The molecular weight excluding hydrogens is 364 g/mol. The molecule has 0 aliphatic carbocycles. The Labute approximate surface area is 161 Å². The van der Waals surface area contributed by atoms with Crippen LogP contribution >= 0.6 is 0 Å². The predicted octanol–water partition coefficient (Wildman–Crippen LogP) is 2.49. The average Bonchev–Trinajstić information content (AvgIpc) is 3.08. The van der Waals surface area contributed by atoms with Crippen molar-refractivity contribution in [1.29, 1.82) is 0 Å². The van der Waals surface area contributed by atoms with Crippen molar-refractivity contribution < 1.29 is 19.2 Å². The van der Waals surface area contributed by atoms with Gasteiger partial charge in [0.1, 0.15) is 11.4 Å². The molecule has 0 saturated carbocycles. The second-order valence-corrected chi connectivity index (χ2v) is 6.19. The van der Waals surface area contributed by atoms with E-state index in [9.17, 15) is 19.7 Å². The molecule has 0 aromatic heterocycles. The van der Waals surface area contributed by atoms with Crippen molar-refractivity contribution in [2.45, 2.75) is 13.3 Å². The summed E-state index contributed by atoms with van der Waals surface area (Å²) >= 11 is 0. The molecule has 3 rings (SSSR count). The van der Waals surface area contributed by atoms with E-state index in [0.29, 0.717) is 18.0 Å². The van der Waals surface area contributed by atoms with E-state index in [4.69, 9.17) is 4.74 Å². The molecule has 1 atom stereocenters. The third kappa shape index (κ3) is 4.03. The molecule has 1 unspecified atom stereocenters. The standard InChI is InChI=1S/C19H20N4O5/c1-2-28-17-10-6-5-9-16(17)22-12-13(11-18(22)24)19(25)21-20-14-7-3-4-8-15(14)23(26)27/h3-10,13,20H,2,11-12H2,1H3,(H,21,25). The molecule has 2 amide bonds. The fraction of sp³-hybridized carbons (Fsp3) is 0.263. The summed E-state index contributed by atoms with van der Waals surface area (Å²) in [6.07, 6.45) is 0.0465. The number of rotatable bonds is 7. The van der Waals surface area contributed by atoms with Gasteiger partial charge in [-0.15, -0.1) is 0 Å². The van der Waals surface area contributed by atoms with Crippen molar-refractivity contribution in [1.82, 2.24) is 5.43 Å². The van der Waals surface area contributed by atoms with Crippen LogP contribution in [0.3, 0.4) is 0 Å². The first kappa shape index (κ1) is 19.2. The van der Waals surface area contributed by atoms with E-state index in [1.165, 1.54) is 23.1 Å². The van der Waals surface area contributed by atoms with Gasteiger partial charge >= 0.3 is 0 Å². The number of nitrogens with zero attached hydrogens (tertiary/aromatic N) is 2. The zero-order valence-corrected chi connectivity index (χ0v) is 15.3. The molecule has 2 aromatic rings. The summed E-state index contributed by atoms with van der Waals surface area (Å²) in [5, 5.41) is 11.0. The molecule has 2 N–H and O–H groups in total. The highest BCUT2D eigenvalue weighted by molar-refractivity contribution is 6.01. The summed E-state index contributed by atoms with van der Waals surface area (Å²) in [5.74, 6) is -0.601. The number of carbonyl (C=O) groups excluding carboxylic acids is 2. The van der Waals surface area contributed by atoms with Crippen LogP contribution < -0.4 is 20.5 Å². The normalized spacial score (nSPS) is 16.0. The molecule has 1 aliphatic heterocycles. The van der Waals surface area contributed by atoms with Gasteiger partial charge in [-0.1, -0.05) is 24.3 Å². The Morgan fingerprint density at radius 3 is 2.71 bits per heavy atom. The number of nitro groups is 1. The lowest BCUT2D eigenvalue weighted by Crippen LogP contribution is -2.36. The number of anilines is 2. The second-order valence-electron chi connectivity index (χ2n) is 6.19. The minimum absolute atomic E-state index is 0.0465. The molecule has 0 spiro atoms. The lowest BCUT2D eigenvalue weighted by Gasteiger charge is -2.20. The van der Waals surface area contributed by atoms with E-state index in [-0.39, 0.29) is 30.2 Å².